The van der Waals surface area contributed by atoms with Gasteiger partial charge in [-0.2, -0.15) is 0 Å². The van der Waals surface area contributed by atoms with Crippen LogP contribution in [0.2, 0.25) is 0 Å². The van der Waals surface area contributed by atoms with Gasteiger partial charge in [0.25, 0.3) is 0 Å². The van der Waals surface area contributed by atoms with Gasteiger partial charge in [-0.3, -0.25) is 9.89 Å². The second-order valence-electron chi connectivity index (χ2n) is 7.44. The molecule has 1 fully saturated rings. The minimum absolute atomic E-state index is 0. The first-order valence-corrected chi connectivity index (χ1v) is 10.8. The van der Waals surface area contributed by atoms with Crippen LogP contribution in [0.4, 0.5) is 0 Å². The van der Waals surface area contributed by atoms with Crippen LogP contribution in [0.1, 0.15) is 36.6 Å². The van der Waals surface area contributed by atoms with Gasteiger partial charge in [0.1, 0.15) is 5.82 Å². The van der Waals surface area contributed by atoms with Crippen molar-refractivity contribution in [2.24, 2.45) is 4.99 Å². The lowest BCUT2D eigenvalue weighted by Gasteiger charge is -2.39. The number of guanidine groups is 1. The molecule has 2 aliphatic rings. The molecule has 0 radical (unpaired) electrons. The van der Waals surface area contributed by atoms with Gasteiger partial charge >= 0.3 is 0 Å². The van der Waals surface area contributed by atoms with Crippen LogP contribution in [0.25, 0.3) is 0 Å². The van der Waals surface area contributed by atoms with Gasteiger partial charge in [-0.15, -0.1) is 34.2 Å². The summed E-state index contributed by atoms with van der Waals surface area (Å²) in [5, 5.41) is 12.1. The molecule has 0 bridgehead atoms. The summed E-state index contributed by atoms with van der Waals surface area (Å²) in [5.41, 5.74) is 1.36. The topological polar surface area (TPSA) is 61.6 Å². The van der Waals surface area contributed by atoms with Gasteiger partial charge in [0.15, 0.2) is 11.8 Å². The summed E-state index contributed by atoms with van der Waals surface area (Å²) < 4.78 is 3.36. The highest BCUT2D eigenvalue weighted by Gasteiger charge is 2.24. The number of hydrogen-bond donors (Lipinski definition) is 1. The lowest BCUT2D eigenvalue weighted by Crippen LogP contribution is -2.52. The molecule has 29 heavy (non-hydrogen) atoms. The Morgan fingerprint density at radius 3 is 2.55 bits per heavy atom. The number of halogens is 2. The molecule has 9 heteroatoms. The summed E-state index contributed by atoms with van der Waals surface area (Å²) >= 11 is 3.52. The molecule has 158 valence electrons. The van der Waals surface area contributed by atoms with Crippen LogP contribution in [-0.4, -0.2) is 63.8 Å². The van der Waals surface area contributed by atoms with Crippen LogP contribution in [0.15, 0.2) is 33.7 Å². The summed E-state index contributed by atoms with van der Waals surface area (Å²) in [5.74, 6) is 3.07. The molecular formula is C20H29BrIN7. The van der Waals surface area contributed by atoms with Gasteiger partial charge in [0.05, 0.1) is 6.54 Å². The van der Waals surface area contributed by atoms with Gasteiger partial charge in [-0.1, -0.05) is 28.1 Å². The molecule has 3 heterocycles. The van der Waals surface area contributed by atoms with Gasteiger partial charge in [0, 0.05) is 56.7 Å². The monoisotopic (exact) mass is 573 g/mol. The molecule has 1 aromatic heterocycles. The van der Waals surface area contributed by atoms with Gasteiger partial charge in [-0.25, -0.2) is 0 Å². The number of nitrogens with zero attached hydrogens (tertiary/aromatic N) is 6. The van der Waals surface area contributed by atoms with Crippen LogP contribution < -0.4 is 5.32 Å². The average Bonchev–Trinajstić information content (AvgIpc) is 3.34. The zero-order chi connectivity index (χ0) is 19.5. The predicted molar refractivity (Wildman–Crippen MR) is 130 cm³/mol. The molecule has 0 spiro atoms. The van der Waals surface area contributed by atoms with Gasteiger partial charge in [-0.05, 0) is 31.0 Å². The van der Waals surface area contributed by atoms with Crippen LogP contribution in [-0.2, 0) is 19.5 Å². The standard InChI is InChI=1S/C20H28BrN7.HI/c1-15(16-5-7-17(21)8-6-16)26-10-12-27(13-11-26)20(22-2)23-14-19-25-24-18-4-3-9-28(18)19;/h5-8,15H,3-4,9-14H2,1-2H3,(H,22,23);1H. The lowest BCUT2D eigenvalue weighted by molar-refractivity contribution is 0.138. The first-order chi connectivity index (χ1) is 13.7. The molecule has 1 N–H and O–H groups in total. The van der Waals surface area contributed by atoms with Crippen molar-refractivity contribution < 1.29 is 0 Å². The maximum absolute atomic E-state index is 4.49. The molecule has 1 atom stereocenters. The van der Waals surface area contributed by atoms with E-state index in [2.05, 4.69) is 82.0 Å². The first-order valence-electron chi connectivity index (χ1n) is 10.0. The van der Waals surface area contributed by atoms with Crippen molar-refractivity contribution in [3.05, 3.63) is 46.0 Å². The minimum Gasteiger partial charge on any atom is -0.349 e. The van der Waals surface area contributed by atoms with Crippen molar-refractivity contribution in [2.75, 3.05) is 33.2 Å². The maximum Gasteiger partial charge on any atom is 0.194 e. The number of benzene rings is 1. The van der Waals surface area contributed by atoms with Crippen molar-refractivity contribution >= 4 is 45.9 Å². The van der Waals surface area contributed by atoms with Crippen molar-refractivity contribution in [1.82, 2.24) is 29.9 Å². The fraction of sp³-hybridized carbons (Fsp3) is 0.550. The first kappa shape index (κ1) is 22.5. The molecule has 2 aliphatic heterocycles. The average molecular weight is 574 g/mol. The van der Waals surface area contributed by atoms with Crippen molar-refractivity contribution in [3.8, 4) is 0 Å². The third-order valence-electron chi connectivity index (χ3n) is 5.82. The summed E-state index contributed by atoms with van der Waals surface area (Å²) in [6, 6.07) is 9.07. The Morgan fingerprint density at radius 1 is 1.14 bits per heavy atom. The zero-order valence-electron chi connectivity index (χ0n) is 17.0. The van der Waals surface area contributed by atoms with Crippen molar-refractivity contribution in [2.45, 2.75) is 38.9 Å². The highest BCUT2D eigenvalue weighted by Crippen LogP contribution is 2.23. The lowest BCUT2D eigenvalue weighted by atomic mass is 10.1. The van der Waals surface area contributed by atoms with Crippen LogP contribution in [0.3, 0.4) is 0 Å². The highest BCUT2D eigenvalue weighted by molar-refractivity contribution is 14.0. The molecule has 0 saturated carbocycles. The Kier molecular flexibility index (Phi) is 7.92. The zero-order valence-corrected chi connectivity index (χ0v) is 20.9. The van der Waals surface area contributed by atoms with E-state index in [0.717, 1.165) is 61.2 Å². The Bertz CT molecular complexity index is 828. The molecule has 7 nitrogen and oxygen atoms in total. The minimum atomic E-state index is 0. The fourth-order valence-corrected chi connectivity index (χ4v) is 4.37. The highest BCUT2D eigenvalue weighted by atomic mass is 127. The summed E-state index contributed by atoms with van der Waals surface area (Å²) in [6.45, 7) is 7.99. The molecular weight excluding hydrogens is 545 g/mol. The predicted octanol–water partition coefficient (Wildman–Crippen LogP) is 3.06. The summed E-state index contributed by atoms with van der Waals surface area (Å²) in [7, 11) is 1.85. The van der Waals surface area contributed by atoms with E-state index in [4.69, 9.17) is 0 Å². The third-order valence-corrected chi connectivity index (χ3v) is 6.35. The number of piperazine rings is 1. The second-order valence-corrected chi connectivity index (χ2v) is 8.35. The molecule has 4 rings (SSSR count). The van der Waals surface area contributed by atoms with E-state index < -0.39 is 0 Å². The molecule has 1 saturated heterocycles. The number of hydrogen-bond acceptors (Lipinski definition) is 4. The summed E-state index contributed by atoms with van der Waals surface area (Å²) in [4.78, 5) is 9.37. The second kappa shape index (κ2) is 10.2. The normalized spacial score (nSPS) is 18.3. The van der Waals surface area contributed by atoms with E-state index in [9.17, 15) is 0 Å². The Balaban J connectivity index is 0.00000240. The summed E-state index contributed by atoms with van der Waals surface area (Å²) in [6.07, 6.45) is 2.21. The van der Waals surface area contributed by atoms with Crippen LogP contribution in [0.5, 0.6) is 0 Å². The largest absolute Gasteiger partial charge is 0.349 e. The van der Waals surface area contributed by atoms with E-state index in [1.807, 2.05) is 7.05 Å². The SMILES string of the molecule is CN=C(NCc1nnc2n1CCC2)N1CCN(C(C)c2ccc(Br)cc2)CC1.I. The number of rotatable bonds is 4. The Hall–Kier alpha value is -1.20. The van der Waals surface area contributed by atoms with Gasteiger partial charge in [0.2, 0.25) is 0 Å². The smallest absolute Gasteiger partial charge is 0.194 e. The molecule has 2 aromatic rings. The van der Waals surface area contributed by atoms with E-state index in [1.165, 1.54) is 12.0 Å². The van der Waals surface area contributed by atoms with Gasteiger partial charge < -0.3 is 14.8 Å². The third kappa shape index (κ3) is 5.11. The fourth-order valence-electron chi connectivity index (χ4n) is 4.11. The number of fused-ring (bicyclic) bond motifs is 1. The quantitative estimate of drug-likeness (QED) is 0.346. The molecule has 1 aromatic carbocycles. The van der Waals surface area contributed by atoms with E-state index in [-0.39, 0.29) is 24.0 Å². The molecule has 1 unspecified atom stereocenters. The van der Waals surface area contributed by atoms with Crippen molar-refractivity contribution in [3.63, 3.8) is 0 Å². The van der Waals surface area contributed by atoms with Crippen LogP contribution >= 0.6 is 39.9 Å². The number of aliphatic imine (C=N–C) groups is 1. The number of aromatic nitrogens is 3. The Labute approximate surface area is 198 Å². The van der Waals surface area contributed by atoms with E-state index in [0.29, 0.717) is 12.6 Å². The number of aryl methyl sites for hydroxylation is 1. The Morgan fingerprint density at radius 2 is 1.86 bits per heavy atom. The van der Waals surface area contributed by atoms with Crippen molar-refractivity contribution in [1.29, 1.82) is 0 Å². The van der Waals surface area contributed by atoms with E-state index >= 15 is 0 Å². The van der Waals surface area contributed by atoms with E-state index in [1.54, 1.807) is 0 Å². The maximum atomic E-state index is 4.49. The molecule has 0 aliphatic carbocycles. The molecule has 0 amide bonds. The van der Waals surface area contributed by atoms with Crippen LogP contribution in [0, 0.1) is 0 Å². The number of nitrogens with one attached hydrogen (secondary N) is 1.